The number of aliphatic hydroxyl groups excluding tert-OH is 1. The summed E-state index contributed by atoms with van der Waals surface area (Å²) in [5.74, 6) is -0.350. The summed E-state index contributed by atoms with van der Waals surface area (Å²) in [5.41, 5.74) is -1.49. The van der Waals surface area contributed by atoms with E-state index in [9.17, 15) is 14.4 Å². The molecule has 1 atom stereocenters. The number of carbonyl (C=O) groups excluding carboxylic acids is 1. The normalized spacial score (nSPS) is 12.1. The van der Waals surface area contributed by atoms with Gasteiger partial charge in [-0.25, -0.2) is 4.79 Å². The number of aromatic amines is 2. The molecule has 0 fully saturated rings. The van der Waals surface area contributed by atoms with Crippen molar-refractivity contribution in [3.8, 4) is 0 Å². The molecule has 0 aliphatic rings. The van der Waals surface area contributed by atoms with Crippen molar-refractivity contribution in [3.05, 3.63) is 32.6 Å². The maximum absolute atomic E-state index is 11.8. The predicted octanol–water partition coefficient (Wildman–Crippen LogP) is -0.408. The molecule has 19 heavy (non-hydrogen) atoms. The van der Waals surface area contributed by atoms with Crippen molar-refractivity contribution in [2.24, 2.45) is 5.92 Å². The minimum Gasteiger partial charge on any atom is -0.396 e. The van der Waals surface area contributed by atoms with Gasteiger partial charge in [0.15, 0.2) is 0 Å². The fourth-order valence-corrected chi connectivity index (χ4v) is 1.85. The Balaban J connectivity index is 2.63. The molecule has 7 nitrogen and oxygen atoms in total. The van der Waals surface area contributed by atoms with Crippen LogP contribution < -0.4 is 16.6 Å². The molecule has 0 aliphatic heterocycles. The SMILES string of the molecule is CCCC(CCO)CNC(=O)c1c[nH]c(=O)[nH]c1=O. The highest BCUT2D eigenvalue weighted by Gasteiger charge is 2.13. The number of aliphatic hydroxyl groups is 1. The molecular formula is C12H19N3O4. The third kappa shape index (κ3) is 4.70. The van der Waals surface area contributed by atoms with Crippen LogP contribution in [0.2, 0.25) is 0 Å². The number of carbonyl (C=O) groups is 1. The highest BCUT2D eigenvalue weighted by atomic mass is 16.3. The molecule has 1 aromatic rings. The van der Waals surface area contributed by atoms with E-state index in [1.54, 1.807) is 0 Å². The minimum absolute atomic E-state index is 0.0692. The average Bonchev–Trinajstić information content (AvgIpc) is 2.36. The lowest BCUT2D eigenvalue weighted by Gasteiger charge is -2.15. The van der Waals surface area contributed by atoms with Crippen LogP contribution in [0.4, 0.5) is 0 Å². The molecule has 1 unspecified atom stereocenters. The molecule has 1 heterocycles. The molecule has 0 saturated carbocycles. The Bertz CT molecular complexity index is 514. The number of aromatic nitrogens is 2. The molecular weight excluding hydrogens is 250 g/mol. The summed E-state index contributed by atoms with van der Waals surface area (Å²) in [4.78, 5) is 38.2. The molecule has 0 spiro atoms. The van der Waals surface area contributed by atoms with Gasteiger partial charge in [-0.05, 0) is 18.8 Å². The Labute approximate surface area is 110 Å². The van der Waals surface area contributed by atoms with Gasteiger partial charge in [0, 0.05) is 19.3 Å². The van der Waals surface area contributed by atoms with Crippen LogP contribution in [0.1, 0.15) is 36.5 Å². The number of rotatable bonds is 7. The first-order valence-corrected chi connectivity index (χ1v) is 6.29. The van der Waals surface area contributed by atoms with Gasteiger partial charge in [0.1, 0.15) is 5.56 Å². The summed E-state index contributed by atoms with van der Waals surface area (Å²) in [6.45, 7) is 2.49. The van der Waals surface area contributed by atoms with E-state index in [1.807, 2.05) is 11.9 Å². The maximum atomic E-state index is 11.8. The maximum Gasteiger partial charge on any atom is 0.325 e. The van der Waals surface area contributed by atoms with Crippen LogP contribution in [0.5, 0.6) is 0 Å². The first kappa shape index (κ1) is 15.2. The van der Waals surface area contributed by atoms with Crippen molar-refractivity contribution in [2.75, 3.05) is 13.2 Å². The molecule has 0 saturated heterocycles. The number of amides is 1. The van der Waals surface area contributed by atoms with Crippen LogP contribution >= 0.6 is 0 Å². The second kappa shape index (κ2) is 7.52. The van der Waals surface area contributed by atoms with Crippen LogP contribution in [0.3, 0.4) is 0 Å². The summed E-state index contributed by atoms with van der Waals surface area (Å²) in [5, 5.41) is 11.5. The largest absolute Gasteiger partial charge is 0.396 e. The average molecular weight is 269 g/mol. The second-order valence-electron chi connectivity index (χ2n) is 4.36. The van der Waals surface area contributed by atoms with E-state index in [1.165, 1.54) is 0 Å². The van der Waals surface area contributed by atoms with Crippen LogP contribution in [-0.2, 0) is 0 Å². The van der Waals surface area contributed by atoms with Crippen molar-refractivity contribution in [1.82, 2.24) is 15.3 Å². The molecule has 106 valence electrons. The van der Waals surface area contributed by atoms with E-state index in [0.29, 0.717) is 13.0 Å². The molecule has 4 N–H and O–H groups in total. The number of hydrogen-bond acceptors (Lipinski definition) is 4. The monoisotopic (exact) mass is 269 g/mol. The number of H-pyrrole nitrogens is 2. The molecule has 1 aromatic heterocycles. The van der Waals surface area contributed by atoms with Crippen LogP contribution in [-0.4, -0.2) is 34.1 Å². The lowest BCUT2D eigenvalue weighted by atomic mass is 10.0. The van der Waals surface area contributed by atoms with Gasteiger partial charge in [-0.2, -0.15) is 0 Å². The molecule has 0 bridgehead atoms. The fraction of sp³-hybridized carbons (Fsp3) is 0.583. The van der Waals surface area contributed by atoms with E-state index in [2.05, 4.69) is 10.3 Å². The van der Waals surface area contributed by atoms with Crippen molar-refractivity contribution >= 4 is 5.91 Å². The summed E-state index contributed by atoms with van der Waals surface area (Å²) >= 11 is 0. The van der Waals surface area contributed by atoms with Crippen LogP contribution in [0.15, 0.2) is 15.8 Å². The predicted molar refractivity (Wildman–Crippen MR) is 70.1 cm³/mol. The molecule has 1 amide bonds. The lowest BCUT2D eigenvalue weighted by molar-refractivity contribution is 0.0941. The summed E-state index contributed by atoms with van der Waals surface area (Å²) in [6, 6.07) is 0. The van der Waals surface area contributed by atoms with Gasteiger partial charge >= 0.3 is 5.69 Å². The minimum atomic E-state index is -0.713. The van der Waals surface area contributed by atoms with Crippen LogP contribution in [0.25, 0.3) is 0 Å². The third-order valence-electron chi connectivity index (χ3n) is 2.85. The molecule has 0 radical (unpaired) electrons. The standard InChI is InChI=1S/C12H19N3O4/c1-2-3-8(4-5-16)6-13-10(17)9-7-14-12(19)15-11(9)18/h7-8,16H,2-6H2,1H3,(H,13,17)(H2,14,15,18,19). The molecule has 7 heteroatoms. The molecule has 0 aliphatic carbocycles. The zero-order valence-electron chi connectivity index (χ0n) is 10.9. The highest BCUT2D eigenvalue weighted by Crippen LogP contribution is 2.09. The van der Waals surface area contributed by atoms with E-state index < -0.39 is 17.2 Å². The number of hydrogen-bond donors (Lipinski definition) is 4. The Morgan fingerprint density at radius 1 is 1.42 bits per heavy atom. The summed E-state index contributed by atoms with van der Waals surface area (Å²) < 4.78 is 0. The van der Waals surface area contributed by atoms with E-state index in [-0.39, 0.29) is 18.1 Å². The van der Waals surface area contributed by atoms with Gasteiger partial charge in [-0.15, -0.1) is 0 Å². The van der Waals surface area contributed by atoms with E-state index in [4.69, 9.17) is 5.11 Å². The van der Waals surface area contributed by atoms with Gasteiger partial charge in [-0.1, -0.05) is 13.3 Å². The Kier molecular flexibility index (Phi) is 6.01. The van der Waals surface area contributed by atoms with Crippen molar-refractivity contribution in [3.63, 3.8) is 0 Å². The third-order valence-corrected chi connectivity index (χ3v) is 2.85. The lowest BCUT2D eigenvalue weighted by Crippen LogP contribution is -2.35. The second-order valence-corrected chi connectivity index (χ2v) is 4.36. The first-order valence-electron chi connectivity index (χ1n) is 6.29. The Hall–Kier alpha value is -1.89. The van der Waals surface area contributed by atoms with Crippen molar-refractivity contribution in [2.45, 2.75) is 26.2 Å². The van der Waals surface area contributed by atoms with Gasteiger partial charge < -0.3 is 15.4 Å². The Morgan fingerprint density at radius 3 is 2.74 bits per heavy atom. The zero-order valence-corrected chi connectivity index (χ0v) is 10.9. The van der Waals surface area contributed by atoms with Gasteiger partial charge in [0.2, 0.25) is 0 Å². The van der Waals surface area contributed by atoms with E-state index in [0.717, 1.165) is 19.0 Å². The summed E-state index contributed by atoms with van der Waals surface area (Å²) in [6.07, 6.45) is 3.55. The smallest absolute Gasteiger partial charge is 0.325 e. The first-order chi connectivity index (χ1) is 9.08. The summed E-state index contributed by atoms with van der Waals surface area (Å²) in [7, 11) is 0. The quantitative estimate of drug-likeness (QED) is 0.538. The number of nitrogens with one attached hydrogen (secondary N) is 3. The van der Waals surface area contributed by atoms with Gasteiger partial charge in [0.05, 0.1) is 0 Å². The van der Waals surface area contributed by atoms with Crippen molar-refractivity contribution < 1.29 is 9.90 Å². The van der Waals surface area contributed by atoms with Gasteiger partial charge in [-0.3, -0.25) is 14.6 Å². The Morgan fingerprint density at radius 2 is 2.16 bits per heavy atom. The molecule has 1 rings (SSSR count). The topological polar surface area (TPSA) is 115 Å². The fourth-order valence-electron chi connectivity index (χ4n) is 1.85. The van der Waals surface area contributed by atoms with Gasteiger partial charge in [0.25, 0.3) is 11.5 Å². The van der Waals surface area contributed by atoms with E-state index >= 15 is 0 Å². The van der Waals surface area contributed by atoms with Crippen LogP contribution in [0, 0.1) is 5.92 Å². The van der Waals surface area contributed by atoms with Crippen molar-refractivity contribution in [1.29, 1.82) is 0 Å². The molecule has 0 aromatic carbocycles. The zero-order chi connectivity index (χ0) is 14.3. The highest BCUT2D eigenvalue weighted by molar-refractivity contribution is 5.93.